The lowest BCUT2D eigenvalue weighted by molar-refractivity contribution is 0.304. The highest BCUT2D eigenvalue weighted by molar-refractivity contribution is 5.27. The number of hydrogen-bond acceptors (Lipinski definition) is 2. The van der Waals surface area contributed by atoms with Crippen molar-refractivity contribution in [2.24, 2.45) is 5.92 Å². The molecule has 1 rings (SSSR count). The van der Waals surface area contributed by atoms with Gasteiger partial charge in [0.2, 0.25) is 0 Å². The smallest absolute Gasteiger partial charge is 0.119 e. The zero-order chi connectivity index (χ0) is 14.6. The molecule has 0 unspecified atom stereocenters. The first-order valence-corrected chi connectivity index (χ1v) is 8.14. The van der Waals surface area contributed by atoms with Crippen molar-refractivity contribution >= 4 is 0 Å². The van der Waals surface area contributed by atoms with Gasteiger partial charge in [-0.3, -0.25) is 0 Å². The van der Waals surface area contributed by atoms with Crippen LogP contribution in [0.4, 0.5) is 0 Å². The van der Waals surface area contributed by atoms with Crippen LogP contribution in [0.25, 0.3) is 0 Å². The van der Waals surface area contributed by atoms with Gasteiger partial charge < -0.3 is 10.1 Å². The Labute approximate surface area is 124 Å². The molecule has 0 saturated carbocycles. The lowest BCUT2D eigenvalue weighted by atomic mass is 10.1. The molecule has 0 spiro atoms. The van der Waals surface area contributed by atoms with Crippen LogP contribution in [0.2, 0.25) is 0 Å². The van der Waals surface area contributed by atoms with E-state index < -0.39 is 0 Å². The lowest BCUT2D eigenvalue weighted by Crippen LogP contribution is -2.20. The second kappa shape index (κ2) is 10.7. The number of aryl methyl sites for hydroxylation is 1. The summed E-state index contributed by atoms with van der Waals surface area (Å²) in [4.78, 5) is 0. The molecule has 20 heavy (non-hydrogen) atoms. The molecule has 0 fully saturated rings. The summed E-state index contributed by atoms with van der Waals surface area (Å²) in [6.45, 7) is 9.78. The second-order valence-electron chi connectivity index (χ2n) is 5.90. The summed E-state index contributed by atoms with van der Waals surface area (Å²) in [5.41, 5.74) is 1.40. The van der Waals surface area contributed by atoms with Crippen molar-refractivity contribution in [3.8, 4) is 5.75 Å². The monoisotopic (exact) mass is 277 g/mol. The van der Waals surface area contributed by atoms with E-state index in [4.69, 9.17) is 4.74 Å². The highest BCUT2D eigenvalue weighted by Crippen LogP contribution is 2.13. The van der Waals surface area contributed by atoms with Crippen LogP contribution in [0.15, 0.2) is 24.3 Å². The summed E-state index contributed by atoms with van der Waals surface area (Å²) in [6, 6.07) is 8.54. The fourth-order valence-electron chi connectivity index (χ4n) is 2.15. The van der Waals surface area contributed by atoms with Gasteiger partial charge in [0.25, 0.3) is 0 Å². The number of nitrogens with one attached hydrogen (secondary N) is 1. The van der Waals surface area contributed by atoms with Crippen molar-refractivity contribution in [1.29, 1.82) is 0 Å². The molecule has 114 valence electrons. The predicted molar refractivity (Wildman–Crippen MR) is 87.5 cm³/mol. The van der Waals surface area contributed by atoms with Gasteiger partial charge in [0.1, 0.15) is 5.75 Å². The maximum Gasteiger partial charge on any atom is 0.119 e. The number of rotatable bonds is 11. The van der Waals surface area contributed by atoms with Crippen LogP contribution in [0.5, 0.6) is 5.75 Å². The number of unbranched alkanes of at least 4 members (excludes halogenated alkanes) is 2. The molecule has 0 aromatic heterocycles. The molecular formula is C18H31NO. The van der Waals surface area contributed by atoms with Crippen molar-refractivity contribution in [2.45, 2.75) is 52.9 Å². The van der Waals surface area contributed by atoms with Crippen LogP contribution in [0.3, 0.4) is 0 Å². The summed E-state index contributed by atoms with van der Waals surface area (Å²) < 4.78 is 5.76. The van der Waals surface area contributed by atoms with E-state index >= 15 is 0 Å². The van der Waals surface area contributed by atoms with E-state index in [1.165, 1.54) is 24.8 Å². The first-order valence-electron chi connectivity index (χ1n) is 8.14. The third-order valence-corrected chi connectivity index (χ3v) is 3.28. The fraction of sp³-hybridized carbons (Fsp3) is 0.667. The van der Waals surface area contributed by atoms with Gasteiger partial charge in [-0.05, 0) is 62.4 Å². The predicted octanol–water partition coefficient (Wildman–Crippen LogP) is 4.43. The highest BCUT2D eigenvalue weighted by atomic mass is 16.5. The van der Waals surface area contributed by atoms with Crippen molar-refractivity contribution in [3.63, 3.8) is 0 Å². The molecule has 1 aromatic carbocycles. The van der Waals surface area contributed by atoms with Gasteiger partial charge in [0.05, 0.1) is 6.61 Å². The second-order valence-corrected chi connectivity index (χ2v) is 5.90. The van der Waals surface area contributed by atoms with Crippen molar-refractivity contribution in [3.05, 3.63) is 29.8 Å². The molecule has 0 aliphatic carbocycles. The molecular weight excluding hydrogens is 246 g/mol. The Morgan fingerprint density at radius 2 is 1.80 bits per heavy atom. The van der Waals surface area contributed by atoms with Crippen LogP contribution < -0.4 is 10.1 Å². The SMILES string of the molecule is CCCc1ccc(OCCCCCNCC(C)C)cc1. The van der Waals surface area contributed by atoms with E-state index in [-0.39, 0.29) is 0 Å². The quantitative estimate of drug-likeness (QED) is 0.604. The minimum atomic E-state index is 0.744. The minimum absolute atomic E-state index is 0.744. The Hall–Kier alpha value is -1.02. The summed E-state index contributed by atoms with van der Waals surface area (Å²) in [6.07, 6.45) is 5.97. The van der Waals surface area contributed by atoms with Gasteiger partial charge in [0, 0.05) is 0 Å². The zero-order valence-electron chi connectivity index (χ0n) is 13.5. The Morgan fingerprint density at radius 3 is 2.45 bits per heavy atom. The molecule has 0 saturated heterocycles. The van der Waals surface area contributed by atoms with E-state index in [9.17, 15) is 0 Å². The Bertz CT molecular complexity index is 332. The summed E-state index contributed by atoms with van der Waals surface area (Å²) in [7, 11) is 0. The van der Waals surface area contributed by atoms with Crippen molar-refractivity contribution in [1.82, 2.24) is 5.32 Å². The molecule has 0 atom stereocenters. The molecule has 2 heteroatoms. The molecule has 2 nitrogen and oxygen atoms in total. The summed E-state index contributed by atoms with van der Waals surface area (Å²) >= 11 is 0. The zero-order valence-corrected chi connectivity index (χ0v) is 13.5. The van der Waals surface area contributed by atoms with Gasteiger partial charge in [-0.2, -0.15) is 0 Å². The normalized spacial score (nSPS) is 11.0. The first kappa shape index (κ1) is 17.0. The van der Waals surface area contributed by atoms with Crippen molar-refractivity contribution < 1.29 is 4.74 Å². The Kier molecular flexibility index (Phi) is 9.14. The van der Waals surface area contributed by atoms with E-state index in [0.717, 1.165) is 44.2 Å². The van der Waals surface area contributed by atoms with Gasteiger partial charge in [-0.1, -0.05) is 39.3 Å². The Balaban J connectivity index is 2.00. The number of ether oxygens (including phenoxy) is 1. The van der Waals surface area contributed by atoms with Gasteiger partial charge >= 0.3 is 0 Å². The maximum absolute atomic E-state index is 5.76. The lowest BCUT2D eigenvalue weighted by Gasteiger charge is -2.08. The first-order chi connectivity index (χ1) is 9.72. The van der Waals surface area contributed by atoms with Crippen LogP contribution in [0, 0.1) is 5.92 Å². The average Bonchev–Trinajstić information content (AvgIpc) is 2.43. The molecule has 0 radical (unpaired) electrons. The van der Waals surface area contributed by atoms with E-state index in [2.05, 4.69) is 50.4 Å². The minimum Gasteiger partial charge on any atom is -0.494 e. The van der Waals surface area contributed by atoms with Crippen molar-refractivity contribution in [2.75, 3.05) is 19.7 Å². The van der Waals surface area contributed by atoms with Gasteiger partial charge in [-0.15, -0.1) is 0 Å². The molecule has 0 amide bonds. The summed E-state index contributed by atoms with van der Waals surface area (Å²) in [5, 5.41) is 3.47. The molecule has 0 heterocycles. The van der Waals surface area contributed by atoms with Crippen LogP contribution in [-0.2, 0) is 6.42 Å². The molecule has 1 N–H and O–H groups in total. The summed E-state index contributed by atoms with van der Waals surface area (Å²) in [5.74, 6) is 1.75. The fourth-order valence-corrected chi connectivity index (χ4v) is 2.15. The topological polar surface area (TPSA) is 21.3 Å². The highest BCUT2D eigenvalue weighted by Gasteiger charge is 1.96. The molecule has 0 bridgehead atoms. The van der Waals surface area contributed by atoms with E-state index in [0.29, 0.717) is 0 Å². The maximum atomic E-state index is 5.76. The van der Waals surface area contributed by atoms with E-state index in [1.54, 1.807) is 0 Å². The average molecular weight is 277 g/mol. The standard InChI is InChI=1S/C18H31NO/c1-4-8-17-9-11-18(12-10-17)20-14-7-5-6-13-19-15-16(2)3/h9-12,16,19H,4-8,13-15H2,1-3H3. The molecule has 0 aliphatic heterocycles. The largest absolute Gasteiger partial charge is 0.494 e. The number of benzene rings is 1. The van der Waals surface area contributed by atoms with Gasteiger partial charge in [-0.25, -0.2) is 0 Å². The number of hydrogen-bond donors (Lipinski definition) is 1. The van der Waals surface area contributed by atoms with Crippen LogP contribution >= 0.6 is 0 Å². The molecule has 0 aliphatic rings. The third kappa shape index (κ3) is 8.21. The van der Waals surface area contributed by atoms with E-state index in [1.807, 2.05) is 0 Å². The van der Waals surface area contributed by atoms with Crippen LogP contribution in [0.1, 0.15) is 52.0 Å². The van der Waals surface area contributed by atoms with Crippen LogP contribution in [-0.4, -0.2) is 19.7 Å². The molecule has 1 aromatic rings. The Morgan fingerprint density at radius 1 is 1.05 bits per heavy atom. The van der Waals surface area contributed by atoms with Gasteiger partial charge in [0.15, 0.2) is 0 Å². The third-order valence-electron chi connectivity index (χ3n) is 3.28.